The molecule has 2 aromatic carbocycles. The molecule has 0 saturated heterocycles. The van der Waals surface area contributed by atoms with Gasteiger partial charge >= 0.3 is 5.97 Å². The molecule has 0 aliphatic heterocycles. The zero-order valence-electron chi connectivity index (χ0n) is 13.4. The molecule has 3 heteroatoms. The van der Waals surface area contributed by atoms with Crippen LogP contribution in [-0.4, -0.2) is 11.0 Å². The van der Waals surface area contributed by atoms with Crippen molar-refractivity contribution >= 4 is 18.1 Å². The summed E-state index contributed by atoms with van der Waals surface area (Å²) in [6.45, 7) is 0. The standard InChI is InChI=1S/C22H15NO2/c24-22(20-9-5-2-6-10-20)25-16-14-21-17-23-15-13-19(21)12-11-18-7-3-1-4-8-18/h1-13,15,17H/b12-11+. The molecular formula is C22H15NO2. The first-order chi connectivity index (χ1) is 12.3. The topological polar surface area (TPSA) is 39.2 Å². The molecule has 0 amide bonds. The maximum atomic E-state index is 11.9. The Morgan fingerprint density at radius 2 is 1.64 bits per heavy atom. The Bertz CT molecular complexity index is 936. The number of carbonyl (C=O) groups excluding carboxylic acids is 1. The van der Waals surface area contributed by atoms with Crippen LogP contribution in [0.15, 0.2) is 79.1 Å². The summed E-state index contributed by atoms with van der Waals surface area (Å²) in [4.78, 5) is 16.0. The summed E-state index contributed by atoms with van der Waals surface area (Å²) in [5.41, 5.74) is 3.15. The second-order valence-electron chi connectivity index (χ2n) is 5.19. The first-order valence-electron chi connectivity index (χ1n) is 7.77. The van der Waals surface area contributed by atoms with Gasteiger partial charge in [-0.05, 0) is 35.2 Å². The van der Waals surface area contributed by atoms with Gasteiger partial charge in [0, 0.05) is 12.4 Å². The molecule has 0 atom stereocenters. The van der Waals surface area contributed by atoms with Crippen molar-refractivity contribution in [3.63, 3.8) is 0 Å². The van der Waals surface area contributed by atoms with E-state index < -0.39 is 5.97 Å². The maximum Gasteiger partial charge on any atom is 0.352 e. The van der Waals surface area contributed by atoms with Crippen LogP contribution in [0.4, 0.5) is 0 Å². The number of nitrogens with zero attached hydrogens (tertiary/aromatic N) is 1. The summed E-state index contributed by atoms with van der Waals surface area (Å²) >= 11 is 0. The van der Waals surface area contributed by atoms with Crippen LogP contribution in [0.1, 0.15) is 27.0 Å². The Morgan fingerprint density at radius 3 is 2.40 bits per heavy atom. The molecule has 0 aliphatic rings. The van der Waals surface area contributed by atoms with E-state index in [1.54, 1.807) is 36.7 Å². The molecule has 0 aliphatic carbocycles. The van der Waals surface area contributed by atoms with E-state index in [9.17, 15) is 4.79 Å². The third kappa shape index (κ3) is 4.66. The van der Waals surface area contributed by atoms with Crippen molar-refractivity contribution in [2.45, 2.75) is 0 Å². The first-order valence-corrected chi connectivity index (χ1v) is 7.77. The Kier molecular flexibility index (Phi) is 5.37. The number of pyridine rings is 1. The van der Waals surface area contributed by atoms with E-state index >= 15 is 0 Å². The average Bonchev–Trinajstić information content (AvgIpc) is 2.68. The van der Waals surface area contributed by atoms with Gasteiger partial charge in [0.2, 0.25) is 0 Å². The van der Waals surface area contributed by atoms with Gasteiger partial charge in [-0.25, -0.2) is 4.79 Å². The van der Waals surface area contributed by atoms with Gasteiger partial charge in [-0.2, -0.15) is 0 Å². The molecule has 3 aromatic rings. The van der Waals surface area contributed by atoms with Crippen LogP contribution in [0.2, 0.25) is 0 Å². The summed E-state index contributed by atoms with van der Waals surface area (Å²) in [7, 11) is 0. The highest BCUT2D eigenvalue weighted by Crippen LogP contribution is 2.11. The highest BCUT2D eigenvalue weighted by Gasteiger charge is 2.04. The van der Waals surface area contributed by atoms with Gasteiger partial charge in [0.05, 0.1) is 11.1 Å². The van der Waals surface area contributed by atoms with E-state index in [4.69, 9.17) is 4.74 Å². The van der Waals surface area contributed by atoms with Gasteiger partial charge in [-0.1, -0.05) is 60.7 Å². The van der Waals surface area contributed by atoms with E-state index in [1.807, 2.05) is 54.6 Å². The lowest BCUT2D eigenvalue weighted by Crippen LogP contribution is -2.00. The van der Waals surface area contributed by atoms with Gasteiger partial charge < -0.3 is 4.74 Å². The quantitative estimate of drug-likeness (QED) is 0.528. The molecule has 0 N–H and O–H groups in total. The Morgan fingerprint density at radius 1 is 0.920 bits per heavy atom. The molecule has 1 aromatic heterocycles. The normalized spacial score (nSPS) is 10.1. The number of rotatable bonds is 3. The summed E-state index contributed by atoms with van der Waals surface area (Å²) in [5.74, 6) is 2.37. The predicted octanol–water partition coefficient (Wildman–Crippen LogP) is 4.42. The summed E-state index contributed by atoms with van der Waals surface area (Å²) in [6, 6.07) is 20.6. The van der Waals surface area contributed by atoms with Crippen LogP contribution < -0.4 is 0 Å². The maximum absolute atomic E-state index is 11.9. The van der Waals surface area contributed by atoms with Crippen molar-refractivity contribution in [2.24, 2.45) is 0 Å². The lowest BCUT2D eigenvalue weighted by molar-refractivity contribution is 0.0690. The van der Waals surface area contributed by atoms with Crippen LogP contribution in [0.5, 0.6) is 0 Å². The molecule has 1 heterocycles. The smallest absolute Gasteiger partial charge is 0.352 e. The fraction of sp³-hybridized carbons (Fsp3) is 0. The van der Waals surface area contributed by atoms with Crippen LogP contribution in [0.3, 0.4) is 0 Å². The lowest BCUT2D eigenvalue weighted by Gasteiger charge is -1.98. The molecule has 0 radical (unpaired) electrons. The number of esters is 1. The molecule has 3 nitrogen and oxygen atoms in total. The zero-order chi connectivity index (χ0) is 17.3. The van der Waals surface area contributed by atoms with Gasteiger partial charge in [-0.15, -0.1) is 0 Å². The van der Waals surface area contributed by atoms with Crippen molar-refractivity contribution < 1.29 is 9.53 Å². The van der Waals surface area contributed by atoms with Gasteiger partial charge in [0.1, 0.15) is 6.11 Å². The lowest BCUT2D eigenvalue weighted by atomic mass is 10.1. The molecule has 0 bridgehead atoms. The van der Waals surface area contributed by atoms with Crippen LogP contribution in [0, 0.1) is 12.0 Å². The second-order valence-corrected chi connectivity index (χ2v) is 5.19. The van der Waals surface area contributed by atoms with E-state index in [-0.39, 0.29) is 0 Å². The zero-order valence-corrected chi connectivity index (χ0v) is 13.4. The number of benzene rings is 2. The van der Waals surface area contributed by atoms with Crippen molar-refractivity contribution in [1.29, 1.82) is 0 Å². The van der Waals surface area contributed by atoms with Crippen molar-refractivity contribution in [2.75, 3.05) is 0 Å². The van der Waals surface area contributed by atoms with Gasteiger partial charge in [0.15, 0.2) is 0 Å². The molecule has 0 saturated carbocycles. The number of ether oxygens (including phenoxy) is 1. The molecular weight excluding hydrogens is 310 g/mol. The van der Waals surface area contributed by atoms with Crippen LogP contribution in [0.25, 0.3) is 12.2 Å². The first kappa shape index (κ1) is 16.2. The summed E-state index contributed by atoms with van der Waals surface area (Å²) in [6.07, 6.45) is 9.77. The minimum atomic E-state index is -0.474. The summed E-state index contributed by atoms with van der Waals surface area (Å²) in [5, 5.41) is 0. The highest BCUT2D eigenvalue weighted by atomic mass is 16.5. The van der Waals surface area contributed by atoms with Crippen LogP contribution >= 0.6 is 0 Å². The minimum absolute atomic E-state index is 0.465. The van der Waals surface area contributed by atoms with Crippen molar-refractivity contribution in [3.05, 3.63) is 101 Å². The molecule has 25 heavy (non-hydrogen) atoms. The van der Waals surface area contributed by atoms with E-state index in [0.717, 1.165) is 11.1 Å². The SMILES string of the molecule is O=C(OC#Cc1cnccc1/C=C/c1ccccc1)c1ccccc1. The molecule has 0 unspecified atom stereocenters. The number of carbonyl (C=O) groups is 1. The highest BCUT2D eigenvalue weighted by molar-refractivity contribution is 5.90. The number of hydrogen-bond donors (Lipinski definition) is 0. The third-order valence-corrected chi connectivity index (χ3v) is 3.45. The monoisotopic (exact) mass is 325 g/mol. The minimum Gasteiger partial charge on any atom is -0.368 e. The Labute approximate surface area is 146 Å². The molecule has 0 spiro atoms. The number of aromatic nitrogens is 1. The predicted molar refractivity (Wildman–Crippen MR) is 98.3 cm³/mol. The second kappa shape index (κ2) is 8.28. The Hall–Kier alpha value is -3.64. The fourth-order valence-corrected chi connectivity index (χ4v) is 2.17. The average molecular weight is 325 g/mol. The Balaban J connectivity index is 1.74. The van der Waals surface area contributed by atoms with E-state index in [1.165, 1.54) is 0 Å². The van der Waals surface area contributed by atoms with Crippen LogP contribution in [-0.2, 0) is 4.74 Å². The van der Waals surface area contributed by atoms with Gasteiger partial charge in [-0.3, -0.25) is 4.98 Å². The van der Waals surface area contributed by atoms with E-state index in [0.29, 0.717) is 11.1 Å². The summed E-state index contributed by atoms with van der Waals surface area (Å²) < 4.78 is 5.00. The van der Waals surface area contributed by atoms with Crippen molar-refractivity contribution in [3.8, 4) is 12.0 Å². The van der Waals surface area contributed by atoms with E-state index in [2.05, 4.69) is 17.0 Å². The number of hydrogen-bond acceptors (Lipinski definition) is 3. The largest absolute Gasteiger partial charge is 0.368 e. The molecule has 120 valence electrons. The molecule has 0 fully saturated rings. The van der Waals surface area contributed by atoms with Gasteiger partial charge in [0.25, 0.3) is 0 Å². The fourth-order valence-electron chi connectivity index (χ4n) is 2.17. The molecule has 3 rings (SSSR count). The third-order valence-electron chi connectivity index (χ3n) is 3.45. The van der Waals surface area contributed by atoms with Crippen molar-refractivity contribution in [1.82, 2.24) is 4.98 Å².